The molecule has 1 aromatic carbocycles. The van der Waals surface area contributed by atoms with Crippen LogP contribution in [-0.4, -0.2) is 6.04 Å². The minimum absolute atomic E-state index is 0. The van der Waals surface area contributed by atoms with Gasteiger partial charge in [-0.2, -0.15) is 0 Å². The van der Waals surface area contributed by atoms with Gasteiger partial charge in [-0.1, -0.05) is 60.2 Å². The van der Waals surface area contributed by atoms with Crippen molar-refractivity contribution < 1.29 is 18.6 Å². The Balaban J connectivity index is 0.000000853. The molecule has 0 spiro atoms. The van der Waals surface area contributed by atoms with E-state index < -0.39 is 0 Å². The van der Waals surface area contributed by atoms with E-state index in [0.717, 1.165) is 6.42 Å². The summed E-state index contributed by atoms with van der Waals surface area (Å²) in [6.07, 6.45) is 9.82. The number of rotatable bonds is 0. The molecule has 0 N–H and O–H groups in total. The molecule has 0 aromatic heterocycles. The van der Waals surface area contributed by atoms with Crippen LogP contribution in [0.25, 0.3) is 5.32 Å². The number of fused-ring (bicyclic) bond motifs is 2. The second kappa shape index (κ2) is 4.30. The minimum atomic E-state index is 0. The van der Waals surface area contributed by atoms with E-state index in [2.05, 4.69) is 48.6 Å². The Labute approximate surface area is 102 Å². The van der Waals surface area contributed by atoms with Crippen LogP contribution in [0.2, 0.25) is 0 Å². The van der Waals surface area contributed by atoms with Crippen molar-refractivity contribution in [2.75, 3.05) is 0 Å². The van der Waals surface area contributed by atoms with E-state index in [1.54, 1.807) is 0 Å². The Morgan fingerprint density at radius 2 is 1.87 bits per heavy atom. The first-order valence-electron chi connectivity index (χ1n) is 5.07. The Hall–Kier alpha value is -0.916. The van der Waals surface area contributed by atoms with E-state index in [-0.39, 0.29) is 18.6 Å². The molecule has 1 aromatic rings. The van der Waals surface area contributed by atoms with Crippen LogP contribution in [0, 0.1) is 5.92 Å². The van der Waals surface area contributed by atoms with Gasteiger partial charge in [-0.25, -0.2) is 0 Å². The molecule has 1 radical (unpaired) electrons. The van der Waals surface area contributed by atoms with E-state index in [1.807, 2.05) is 0 Å². The van der Waals surface area contributed by atoms with Crippen molar-refractivity contribution in [2.24, 2.45) is 5.92 Å². The summed E-state index contributed by atoms with van der Waals surface area (Å²) >= 11 is 0. The zero-order valence-electron chi connectivity index (χ0n) is 8.38. The van der Waals surface area contributed by atoms with Gasteiger partial charge in [0.25, 0.3) is 0 Å². The standard InChI is InChI=1S/C13H12N.V/c1-3-7-12-10(5-1)9-11-6-2-4-8-13(11)14-12;/h1-8,10,12H,9H2;/q-1;. The molecule has 3 rings (SSSR count). The van der Waals surface area contributed by atoms with E-state index in [4.69, 9.17) is 5.32 Å². The van der Waals surface area contributed by atoms with Crippen LogP contribution in [0.5, 0.6) is 0 Å². The van der Waals surface area contributed by atoms with Crippen molar-refractivity contribution in [2.45, 2.75) is 12.5 Å². The third kappa shape index (κ3) is 1.90. The van der Waals surface area contributed by atoms with Crippen LogP contribution in [0.1, 0.15) is 5.56 Å². The van der Waals surface area contributed by atoms with Gasteiger partial charge in [0.15, 0.2) is 0 Å². The van der Waals surface area contributed by atoms with Gasteiger partial charge >= 0.3 is 0 Å². The summed E-state index contributed by atoms with van der Waals surface area (Å²) in [7, 11) is 0. The molecule has 0 bridgehead atoms. The van der Waals surface area contributed by atoms with Crippen molar-refractivity contribution in [1.29, 1.82) is 0 Å². The number of hydrogen-bond donors (Lipinski definition) is 0. The molecule has 2 atom stereocenters. The second-order valence-electron chi connectivity index (χ2n) is 3.89. The fourth-order valence-corrected chi connectivity index (χ4v) is 2.19. The molecule has 75 valence electrons. The SMILES string of the molecule is C1=CC2Cc3ccccc3[N-]C2C=C1.[V]. The average Bonchev–Trinajstić information content (AvgIpc) is 2.26. The zero-order chi connectivity index (χ0) is 9.38. The molecular weight excluding hydrogens is 221 g/mol. The zero-order valence-corrected chi connectivity index (χ0v) is 9.77. The fraction of sp³-hybridized carbons (Fsp3) is 0.231. The molecule has 2 aliphatic rings. The van der Waals surface area contributed by atoms with Crippen LogP contribution < -0.4 is 0 Å². The summed E-state index contributed by atoms with van der Waals surface area (Å²) in [5, 5.41) is 4.73. The van der Waals surface area contributed by atoms with Crippen molar-refractivity contribution in [3.05, 3.63) is 59.4 Å². The van der Waals surface area contributed by atoms with Crippen LogP contribution in [-0.2, 0) is 25.0 Å². The third-order valence-electron chi connectivity index (χ3n) is 2.95. The maximum Gasteiger partial charge on any atom is 0 e. The Morgan fingerprint density at radius 1 is 1.07 bits per heavy atom. The fourth-order valence-electron chi connectivity index (χ4n) is 2.19. The van der Waals surface area contributed by atoms with E-state index in [9.17, 15) is 0 Å². The summed E-state index contributed by atoms with van der Waals surface area (Å²) < 4.78 is 0. The Kier molecular flexibility index (Phi) is 3.04. The number of nitrogens with zero attached hydrogens (tertiary/aromatic N) is 1. The number of benzene rings is 1. The molecule has 2 heteroatoms. The molecule has 0 saturated carbocycles. The van der Waals surface area contributed by atoms with Gasteiger partial charge in [0.05, 0.1) is 0 Å². The predicted molar refractivity (Wildman–Crippen MR) is 58.7 cm³/mol. The first kappa shape index (κ1) is 10.6. The molecule has 15 heavy (non-hydrogen) atoms. The number of hydrogen-bond acceptors (Lipinski definition) is 0. The number of para-hydroxylation sites is 1. The largest absolute Gasteiger partial charge is 0.678 e. The summed E-state index contributed by atoms with van der Waals surface area (Å²) in [6.45, 7) is 0. The van der Waals surface area contributed by atoms with Crippen LogP contribution >= 0.6 is 0 Å². The van der Waals surface area contributed by atoms with Gasteiger partial charge in [0.2, 0.25) is 0 Å². The maximum atomic E-state index is 4.73. The monoisotopic (exact) mass is 233 g/mol. The molecule has 0 fully saturated rings. The van der Waals surface area contributed by atoms with Gasteiger partial charge in [0.1, 0.15) is 0 Å². The molecule has 1 aliphatic heterocycles. The molecule has 2 unspecified atom stereocenters. The summed E-state index contributed by atoms with van der Waals surface area (Å²) in [4.78, 5) is 0. The molecule has 0 amide bonds. The van der Waals surface area contributed by atoms with Crippen molar-refractivity contribution in [1.82, 2.24) is 0 Å². The van der Waals surface area contributed by atoms with Gasteiger partial charge < -0.3 is 5.32 Å². The van der Waals surface area contributed by atoms with E-state index in [1.165, 1.54) is 11.3 Å². The van der Waals surface area contributed by atoms with Crippen molar-refractivity contribution in [3.63, 3.8) is 0 Å². The van der Waals surface area contributed by atoms with E-state index in [0.29, 0.717) is 12.0 Å². The topological polar surface area (TPSA) is 14.1 Å². The maximum absolute atomic E-state index is 4.73. The minimum Gasteiger partial charge on any atom is -0.678 e. The average molecular weight is 233 g/mol. The van der Waals surface area contributed by atoms with Crippen LogP contribution in [0.4, 0.5) is 5.69 Å². The summed E-state index contributed by atoms with van der Waals surface area (Å²) in [6, 6.07) is 8.82. The smallest absolute Gasteiger partial charge is 0 e. The van der Waals surface area contributed by atoms with Gasteiger partial charge in [-0.15, -0.1) is 5.69 Å². The third-order valence-corrected chi connectivity index (χ3v) is 2.95. The number of allylic oxidation sites excluding steroid dienone is 2. The summed E-state index contributed by atoms with van der Waals surface area (Å²) in [5.41, 5.74) is 2.56. The first-order chi connectivity index (χ1) is 6.93. The molecule has 1 aliphatic carbocycles. The van der Waals surface area contributed by atoms with E-state index >= 15 is 0 Å². The Bertz CT molecular complexity index is 370. The molecule has 1 nitrogen and oxygen atoms in total. The van der Waals surface area contributed by atoms with Crippen molar-refractivity contribution >= 4 is 5.69 Å². The van der Waals surface area contributed by atoms with Crippen LogP contribution in [0.15, 0.2) is 48.6 Å². The second-order valence-corrected chi connectivity index (χ2v) is 3.89. The quantitative estimate of drug-likeness (QED) is 0.652. The Morgan fingerprint density at radius 3 is 2.80 bits per heavy atom. The predicted octanol–water partition coefficient (Wildman–Crippen LogP) is 3.36. The normalized spacial score (nSPS) is 25.9. The van der Waals surface area contributed by atoms with Gasteiger partial charge in [0, 0.05) is 18.6 Å². The van der Waals surface area contributed by atoms with Gasteiger partial charge in [-0.3, -0.25) is 0 Å². The first-order valence-corrected chi connectivity index (χ1v) is 5.07. The molecule has 1 heterocycles. The molecule has 0 saturated heterocycles. The van der Waals surface area contributed by atoms with Crippen LogP contribution in [0.3, 0.4) is 0 Å². The van der Waals surface area contributed by atoms with Gasteiger partial charge in [-0.05, 0) is 12.3 Å². The molecular formula is C13H12NV-. The summed E-state index contributed by atoms with van der Waals surface area (Å²) in [5.74, 6) is 0.579. The van der Waals surface area contributed by atoms with Crippen molar-refractivity contribution in [3.8, 4) is 0 Å².